The molecule has 32 heavy (non-hydrogen) atoms. The molecule has 16 nitrogen and oxygen atoms in total. The van der Waals surface area contributed by atoms with Gasteiger partial charge in [-0.2, -0.15) is 13.4 Å². The van der Waals surface area contributed by atoms with Gasteiger partial charge in [0.15, 0.2) is 0 Å². The van der Waals surface area contributed by atoms with Gasteiger partial charge >= 0.3 is 23.5 Å². The van der Waals surface area contributed by atoms with Crippen molar-refractivity contribution in [1.29, 1.82) is 0 Å². The summed E-state index contributed by atoms with van der Waals surface area (Å²) in [6, 6.07) is 4.69. The van der Waals surface area contributed by atoms with E-state index >= 15 is 0 Å². The number of fused-ring (bicyclic) bond motifs is 1. The van der Waals surface area contributed by atoms with Crippen LogP contribution >= 0.6 is 23.5 Å². The average Bonchev–Trinajstić information content (AvgIpc) is 3.12. The zero-order chi connectivity index (χ0) is 23.9. The highest BCUT2D eigenvalue weighted by molar-refractivity contribution is 7.66. The molecule has 180 valence electrons. The van der Waals surface area contributed by atoms with Gasteiger partial charge in [-0.1, -0.05) is 12.1 Å². The Morgan fingerprint density at radius 1 is 1.25 bits per heavy atom. The number of rotatable bonds is 9. The van der Waals surface area contributed by atoms with Crippen LogP contribution in [0.2, 0.25) is 0 Å². The van der Waals surface area contributed by atoms with E-state index in [-0.39, 0.29) is 5.52 Å². The number of aliphatic hydroxyl groups is 3. The summed E-state index contributed by atoms with van der Waals surface area (Å²) < 4.78 is 59.3. The van der Waals surface area contributed by atoms with Gasteiger partial charge in [0.25, 0.3) is 5.97 Å². The maximum absolute atomic E-state index is 13.2. The predicted octanol–water partition coefficient (Wildman–Crippen LogP) is -0.0875. The molecule has 0 aliphatic carbocycles. The van der Waals surface area contributed by atoms with Crippen molar-refractivity contribution in [3.05, 3.63) is 30.1 Å². The lowest BCUT2D eigenvalue weighted by molar-refractivity contribution is -0.315. The van der Waals surface area contributed by atoms with Crippen LogP contribution in [0.5, 0.6) is 0 Å². The first-order chi connectivity index (χ1) is 14.6. The first kappa shape index (κ1) is 25.4. The van der Waals surface area contributed by atoms with Crippen molar-refractivity contribution in [3.63, 3.8) is 0 Å². The second kappa shape index (κ2) is 8.85. The average molecular weight is 520 g/mol. The van der Waals surface area contributed by atoms with Crippen LogP contribution < -0.4 is 4.62 Å². The summed E-state index contributed by atoms with van der Waals surface area (Å²) in [5.41, 5.74) is 1.17. The Morgan fingerprint density at radius 2 is 1.94 bits per heavy atom. The molecular weight excluding hydrogens is 501 g/mol. The van der Waals surface area contributed by atoms with Gasteiger partial charge in [-0.3, -0.25) is 0 Å². The molecule has 1 aromatic carbocycles. The van der Waals surface area contributed by atoms with Crippen molar-refractivity contribution in [1.82, 2.24) is 9.71 Å². The smallest absolute Gasteiger partial charge is 0.394 e. The largest absolute Gasteiger partial charge is 0.562 e. The third-order valence-electron chi connectivity index (χ3n) is 4.01. The number of aromatic nitrogens is 2. The van der Waals surface area contributed by atoms with Crippen LogP contribution in [0.15, 0.2) is 24.5 Å². The quantitative estimate of drug-likeness (QED) is 0.187. The molecule has 0 saturated carbocycles. The van der Waals surface area contributed by atoms with Crippen LogP contribution in [0.4, 0.5) is 0 Å². The Hall–Kier alpha value is -1.22. The summed E-state index contributed by atoms with van der Waals surface area (Å²) >= 11 is 0. The molecule has 5 atom stereocenters. The lowest BCUT2D eigenvalue weighted by atomic mass is 10.2. The van der Waals surface area contributed by atoms with Crippen LogP contribution in [-0.2, 0) is 31.6 Å². The van der Waals surface area contributed by atoms with Crippen molar-refractivity contribution in [2.75, 3.05) is 6.61 Å². The molecule has 6 N–H and O–H groups in total. The van der Waals surface area contributed by atoms with Gasteiger partial charge in [0.05, 0.1) is 24.6 Å². The van der Waals surface area contributed by atoms with Gasteiger partial charge in [0.2, 0.25) is 0 Å². The zero-order valence-corrected chi connectivity index (χ0v) is 18.7. The summed E-state index contributed by atoms with van der Waals surface area (Å²) in [6.45, 7) is 0.900. The summed E-state index contributed by atoms with van der Waals surface area (Å²) in [7, 11) is -17.0. The Balaban J connectivity index is 1.97. The highest BCUT2D eigenvalue weighted by Crippen LogP contribution is 2.68. The molecule has 1 fully saturated rings. The second-order valence-electron chi connectivity index (χ2n) is 6.58. The Morgan fingerprint density at radius 3 is 2.53 bits per heavy atom. The first-order valence-corrected chi connectivity index (χ1v) is 13.1. The maximum atomic E-state index is 13.2. The maximum Gasteiger partial charge on any atom is 0.562 e. The first-order valence-electron chi connectivity index (χ1n) is 8.58. The number of phosphoric acid groups is 3. The minimum atomic E-state index is -5.84. The number of nitrogens with zero attached hydrogens (tertiary/aromatic N) is 2. The number of para-hydroxylation sites is 1. The highest BCUT2D eigenvalue weighted by atomic mass is 31.3. The Kier molecular flexibility index (Phi) is 7.03. The van der Waals surface area contributed by atoms with Crippen molar-refractivity contribution in [3.8, 4) is 0 Å². The Bertz CT molecular complexity index is 1130. The number of hydrogen-bond donors (Lipinski definition) is 6. The minimum absolute atomic E-state index is 0.161. The molecule has 2 heterocycles. The van der Waals surface area contributed by atoms with Crippen LogP contribution in [0.3, 0.4) is 0 Å². The molecule has 0 amide bonds. The van der Waals surface area contributed by atoms with E-state index < -0.39 is 54.7 Å². The van der Waals surface area contributed by atoms with Gasteiger partial charge in [-0.15, -0.1) is 0 Å². The molecular formula is C13H19N2O14P3. The van der Waals surface area contributed by atoms with Gasteiger partial charge in [-0.25, -0.2) is 23.2 Å². The number of ether oxygens (including phenoxy) is 1. The lowest BCUT2D eigenvalue weighted by Gasteiger charge is -2.27. The molecule has 0 spiro atoms. The van der Waals surface area contributed by atoms with E-state index in [0.717, 1.165) is 6.33 Å². The van der Waals surface area contributed by atoms with Crippen LogP contribution in [-0.4, -0.2) is 64.5 Å². The molecule has 2 unspecified atom stereocenters. The fourth-order valence-electron chi connectivity index (χ4n) is 2.81. The number of aliphatic hydroxyl groups excluding tert-OH is 2. The lowest BCUT2D eigenvalue weighted by Crippen LogP contribution is -2.33. The number of hydrogen-bond acceptors (Lipinski definition) is 12. The van der Waals surface area contributed by atoms with Gasteiger partial charge in [0.1, 0.15) is 17.9 Å². The SMILES string of the molecule is Cc1cccc2c1ncn2OP(=O)(O[C@]1(O)C[C@H](O)[C@@H](CO)O1)OP(=O)(O)OP(=O)(O)O. The normalized spacial score (nSPS) is 27.8. The van der Waals surface area contributed by atoms with Gasteiger partial charge in [0, 0.05) is 0 Å². The van der Waals surface area contributed by atoms with Crippen LogP contribution in [0.1, 0.15) is 12.0 Å². The van der Waals surface area contributed by atoms with Crippen molar-refractivity contribution >= 4 is 34.5 Å². The van der Waals surface area contributed by atoms with E-state index in [2.05, 4.69) is 13.6 Å². The summed E-state index contributed by atoms with van der Waals surface area (Å²) in [4.78, 5) is 31.2. The number of aryl methyl sites for hydroxylation is 1. The molecule has 2 aromatic rings. The van der Waals surface area contributed by atoms with Gasteiger partial charge < -0.3 is 39.4 Å². The van der Waals surface area contributed by atoms with E-state index in [0.29, 0.717) is 15.8 Å². The van der Waals surface area contributed by atoms with Crippen LogP contribution in [0, 0.1) is 6.92 Å². The summed E-state index contributed by atoms with van der Waals surface area (Å²) in [5, 5.41) is 29.3. The highest BCUT2D eigenvalue weighted by Gasteiger charge is 2.55. The Labute approximate surface area is 179 Å². The summed E-state index contributed by atoms with van der Waals surface area (Å²) in [5.74, 6) is -2.96. The van der Waals surface area contributed by atoms with Crippen molar-refractivity contribution in [2.24, 2.45) is 0 Å². The van der Waals surface area contributed by atoms with E-state index in [4.69, 9.17) is 28.8 Å². The molecule has 1 aromatic heterocycles. The fraction of sp³-hybridized carbons (Fsp3) is 0.462. The van der Waals surface area contributed by atoms with E-state index in [1.807, 2.05) is 0 Å². The molecule has 1 aliphatic rings. The molecule has 1 aliphatic heterocycles. The third kappa shape index (κ3) is 6.01. The molecule has 19 heteroatoms. The zero-order valence-electron chi connectivity index (χ0n) is 16.1. The summed E-state index contributed by atoms with van der Waals surface area (Å²) in [6.07, 6.45) is -2.75. The second-order valence-corrected chi connectivity index (χ2v) is 11.0. The fourth-order valence-corrected chi connectivity index (χ4v) is 6.38. The molecule has 0 bridgehead atoms. The topological polar surface area (TPSA) is 237 Å². The number of benzene rings is 1. The van der Waals surface area contributed by atoms with E-state index in [1.54, 1.807) is 19.1 Å². The standard InChI is InChI=1S/C13H19N2O14P3/c1-8-3-2-4-9-12(8)14-7-15(9)27-32(24,29-31(22,23)28-30(19,20)21)26-13(18)5-10(17)11(6-16)25-13/h2-4,7,10-11,16-18H,5-6H2,1H3,(H,22,23)(H2,19,20,21)/t10-,11+,13-,32?/m0/s1. The number of imidazole rings is 1. The van der Waals surface area contributed by atoms with Crippen molar-refractivity contribution in [2.45, 2.75) is 31.5 Å². The monoisotopic (exact) mass is 520 g/mol. The molecule has 0 radical (unpaired) electrons. The van der Waals surface area contributed by atoms with E-state index in [1.165, 1.54) is 6.07 Å². The van der Waals surface area contributed by atoms with Crippen molar-refractivity contribution < 1.29 is 66.2 Å². The predicted molar refractivity (Wildman–Crippen MR) is 101 cm³/mol. The van der Waals surface area contributed by atoms with Crippen LogP contribution in [0.25, 0.3) is 11.0 Å². The van der Waals surface area contributed by atoms with Gasteiger partial charge in [-0.05, 0) is 18.6 Å². The third-order valence-corrected chi connectivity index (χ3v) is 8.20. The molecule has 1 saturated heterocycles. The van der Waals surface area contributed by atoms with E-state index in [9.17, 15) is 28.8 Å². The molecule has 3 rings (SSSR count). The minimum Gasteiger partial charge on any atom is -0.394 e.